The maximum atomic E-state index is 6.39. The molecule has 3 heterocycles. The number of aromatic nitrogens is 3. The lowest BCUT2D eigenvalue weighted by Crippen LogP contribution is -3.00. The molecule has 26 heavy (non-hydrogen) atoms. The van der Waals surface area contributed by atoms with Crippen LogP contribution >= 0.6 is 23.2 Å². The molecule has 0 saturated carbocycles. The van der Waals surface area contributed by atoms with Crippen molar-refractivity contribution in [1.29, 1.82) is 0 Å². The first-order valence-electron chi connectivity index (χ1n) is 7.98. The number of hydrogen-bond donors (Lipinski definition) is 0. The third-order valence-corrected chi connectivity index (χ3v) is 5.30. The lowest BCUT2D eigenvalue weighted by molar-refractivity contribution is -0.593. The first-order chi connectivity index (χ1) is 12.1. The lowest BCUT2D eigenvalue weighted by Gasteiger charge is -1.98. The average Bonchev–Trinajstić information content (AvgIpc) is 3.15. The van der Waals surface area contributed by atoms with Crippen molar-refractivity contribution in [3.8, 4) is 5.69 Å². The van der Waals surface area contributed by atoms with Gasteiger partial charge in [-0.05, 0) is 30.3 Å². The molecule has 0 atom stereocenters. The number of pyridine rings is 1. The highest BCUT2D eigenvalue weighted by atomic mass is 35.5. The summed E-state index contributed by atoms with van der Waals surface area (Å²) in [6, 6.07) is 16.2. The number of aryl methyl sites for hydroxylation is 1. The summed E-state index contributed by atoms with van der Waals surface area (Å²) >= 11 is 12.4. The molecule has 0 fully saturated rings. The van der Waals surface area contributed by atoms with E-state index in [2.05, 4.69) is 58.7 Å². The zero-order valence-electron chi connectivity index (χ0n) is 13.8. The van der Waals surface area contributed by atoms with Crippen LogP contribution < -0.4 is 17.0 Å². The van der Waals surface area contributed by atoms with Gasteiger partial charge in [0, 0.05) is 28.4 Å². The summed E-state index contributed by atoms with van der Waals surface area (Å²) < 4.78 is 6.39. The maximum Gasteiger partial charge on any atom is 0.254 e. The summed E-state index contributed by atoms with van der Waals surface area (Å²) in [5.74, 6) is 0. The second-order valence-corrected chi connectivity index (χ2v) is 7.04. The largest absolute Gasteiger partial charge is 1.00 e. The van der Waals surface area contributed by atoms with Crippen LogP contribution in [0.2, 0.25) is 10.0 Å². The van der Waals surface area contributed by atoms with Crippen LogP contribution in [-0.2, 0) is 7.05 Å². The monoisotopic (exact) mass is 401 g/mol. The second-order valence-electron chi connectivity index (χ2n) is 6.19. The van der Waals surface area contributed by atoms with Gasteiger partial charge in [-0.1, -0.05) is 41.4 Å². The Morgan fingerprint density at radius 1 is 0.923 bits per heavy atom. The number of halogens is 3. The molecule has 0 unspecified atom stereocenters. The summed E-state index contributed by atoms with van der Waals surface area (Å²) in [5, 5.41) is 3.77. The molecule has 0 aliphatic heterocycles. The summed E-state index contributed by atoms with van der Waals surface area (Å²) in [4.78, 5) is 0. The number of rotatable bonds is 1. The van der Waals surface area contributed by atoms with Crippen molar-refractivity contribution in [2.45, 2.75) is 0 Å². The Morgan fingerprint density at radius 2 is 1.73 bits per heavy atom. The van der Waals surface area contributed by atoms with Crippen LogP contribution in [0.4, 0.5) is 0 Å². The molecule has 5 rings (SSSR count). The molecule has 130 valence electrons. The molecular formula is C20H14Cl3N3. The Bertz CT molecular complexity index is 1280. The van der Waals surface area contributed by atoms with Crippen molar-refractivity contribution in [2.24, 2.45) is 7.05 Å². The highest BCUT2D eigenvalue weighted by Gasteiger charge is 2.18. The Hall–Kier alpha value is -2.20. The Labute approximate surface area is 166 Å². The van der Waals surface area contributed by atoms with Crippen LogP contribution in [0.3, 0.4) is 0 Å². The minimum Gasteiger partial charge on any atom is -1.00 e. The van der Waals surface area contributed by atoms with Crippen molar-refractivity contribution >= 4 is 50.5 Å². The van der Waals surface area contributed by atoms with Gasteiger partial charge in [-0.3, -0.25) is 0 Å². The van der Waals surface area contributed by atoms with E-state index in [1.54, 1.807) is 6.07 Å². The molecule has 2 aromatic carbocycles. The molecule has 0 aliphatic carbocycles. The van der Waals surface area contributed by atoms with Crippen molar-refractivity contribution in [3.05, 3.63) is 77.3 Å². The van der Waals surface area contributed by atoms with Gasteiger partial charge in [0.15, 0.2) is 11.2 Å². The van der Waals surface area contributed by atoms with E-state index in [0.717, 1.165) is 11.2 Å². The van der Waals surface area contributed by atoms with E-state index in [1.165, 1.54) is 21.8 Å². The third kappa shape index (κ3) is 2.39. The molecule has 6 heteroatoms. The third-order valence-electron chi connectivity index (χ3n) is 4.77. The highest BCUT2D eigenvalue weighted by molar-refractivity contribution is 6.35. The van der Waals surface area contributed by atoms with Gasteiger partial charge in [0.05, 0.1) is 11.2 Å². The SMILES string of the molecule is Cn1c2ccccc2c2ccn3c[n+](-c4ccc(Cl)cc4Cl)cc3c21.[Cl-]. The van der Waals surface area contributed by atoms with Gasteiger partial charge >= 0.3 is 0 Å². The molecule has 0 spiro atoms. The second kappa shape index (κ2) is 6.20. The number of nitrogens with zero attached hydrogens (tertiary/aromatic N) is 3. The molecule has 0 saturated heterocycles. The van der Waals surface area contributed by atoms with Crippen LogP contribution in [0.25, 0.3) is 33.0 Å². The molecule has 0 aliphatic rings. The van der Waals surface area contributed by atoms with Gasteiger partial charge in [0.25, 0.3) is 6.33 Å². The van der Waals surface area contributed by atoms with Gasteiger partial charge in [-0.2, -0.15) is 4.57 Å². The number of fused-ring (bicyclic) bond motifs is 5. The number of imidazole rings is 1. The molecule has 3 aromatic heterocycles. The van der Waals surface area contributed by atoms with Gasteiger partial charge in [-0.25, -0.2) is 4.40 Å². The zero-order valence-corrected chi connectivity index (χ0v) is 16.1. The van der Waals surface area contributed by atoms with E-state index in [9.17, 15) is 0 Å². The van der Waals surface area contributed by atoms with Gasteiger partial charge in [0.2, 0.25) is 0 Å². The minimum absolute atomic E-state index is 0. The predicted octanol–water partition coefficient (Wildman–Crippen LogP) is 2.17. The van der Waals surface area contributed by atoms with Crippen LogP contribution in [0.15, 0.2) is 67.3 Å². The molecule has 0 radical (unpaired) electrons. The first kappa shape index (κ1) is 17.2. The van der Waals surface area contributed by atoms with E-state index >= 15 is 0 Å². The Morgan fingerprint density at radius 3 is 2.54 bits per heavy atom. The highest BCUT2D eigenvalue weighted by Crippen LogP contribution is 2.30. The van der Waals surface area contributed by atoms with E-state index in [-0.39, 0.29) is 12.4 Å². The Balaban J connectivity index is 0.00000168. The number of para-hydroxylation sites is 1. The minimum atomic E-state index is 0. The van der Waals surface area contributed by atoms with Crippen molar-refractivity contribution in [2.75, 3.05) is 0 Å². The average molecular weight is 403 g/mol. The normalized spacial score (nSPS) is 11.3. The van der Waals surface area contributed by atoms with Crippen LogP contribution in [0.5, 0.6) is 0 Å². The van der Waals surface area contributed by atoms with E-state index in [1.807, 2.05) is 23.0 Å². The molecule has 0 N–H and O–H groups in total. The summed E-state index contributed by atoms with van der Waals surface area (Å²) in [7, 11) is 2.11. The van der Waals surface area contributed by atoms with Crippen molar-refractivity contribution in [1.82, 2.24) is 8.97 Å². The fourth-order valence-corrected chi connectivity index (χ4v) is 4.11. The first-order valence-corrected chi connectivity index (χ1v) is 8.73. The summed E-state index contributed by atoms with van der Waals surface area (Å²) in [6.45, 7) is 0. The van der Waals surface area contributed by atoms with E-state index in [0.29, 0.717) is 10.0 Å². The molecule has 3 nitrogen and oxygen atoms in total. The smallest absolute Gasteiger partial charge is 0.254 e. The Kier molecular flexibility index (Phi) is 4.11. The molecule has 5 aromatic rings. The maximum absolute atomic E-state index is 6.39. The quantitative estimate of drug-likeness (QED) is 0.381. The standard InChI is InChI=1S/C20H14Cl2N3.ClH/c1-23-17-5-3-2-4-14(17)15-8-9-24-12-25(11-19(24)20(15)23)18-7-6-13(21)10-16(18)22;/h2-12H,1H3;1H/q+1;/p-1. The molecule has 0 amide bonds. The van der Waals surface area contributed by atoms with E-state index < -0.39 is 0 Å². The number of hydrogen-bond acceptors (Lipinski definition) is 0. The van der Waals surface area contributed by atoms with Gasteiger partial charge < -0.3 is 17.0 Å². The van der Waals surface area contributed by atoms with Crippen LogP contribution in [0.1, 0.15) is 0 Å². The lowest BCUT2D eigenvalue weighted by atomic mass is 10.2. The topological polar surface area (TPSA) is 13.2 Å². The van der Waals surface area contributed by atoms with Crippen LogP contribution in [-0.4, -0.2) is 8.97 Å². The van der Waals surface area contributed by atoms with Crippen molar-refractivity contribution < 1.29 is 17.0 Å². The zero-order chi connectivity index (χ0) is 17.1. The molecule has 0 bridgehead atoms. The fraction of sp³-hybridized carbons (Fsp3) is 0.0500. The van der Waals surface area contributed by atoms with Gasteiger partial charge in [-0.15, -0.1) is 0 Å². The van der Waals surface area contributed by atoms with Crippen molar-refractivity contribution in [3.63, 3.8) is 0 Å². The number of benzene rings is 2. The van der Waals surface area contributed by atoms with E-state index in [4.69, 9.17) is 23.2 Å². The predicted molar refractivity (Wildman–Crippen MR) is 103 cm³/mol. The summed E-state index contributed by atoms with van der Waals surface area (Å²) in [6.07, 6.45) is 6.22. The van der Waals surface area contributed by atoms with Gasteiger partial charge in [0.1, 0.15) is 11.7 Å². The fourth-order valence-electron chi connectivity index (χ4n) is 3.61. The molecular weight excluding hydrogens is 389 g/mol. The summed E-state index contributed by atoms with van der Waals surface area (Å²) in [5.41, 5.74) is 4.46. The van der Waals surface area contributed by atoms with Crippen LogP contribution in [0, 0.1) is 0 Å².